The Morgan fingerprint density at radius 1 is 0.778 bits per heavy atom. The van der Waals surface area contributed by atoms with E-state index in [2.05, 4.69) is 0 Å². The molecular weight excluding hydrogens is 342 g/mol. The highest BCUT2D eigenvalue weighted by Crippen LogP contribution is 2.32. The lowest BCUT2D eigenvalue weighted by Gasteiger charge is -2.20. The molecule has 0 aromatic heterocycles. The van der Waals surface area contributed by atoms with Gasteiger partial charge in [0.05, 0.1) is 16.8 Å². The summed E-state index contributed by atoms with van der Waals surface area (Å²) in [5, 5.41) is 0. The lowest BCUT2D eigenvalue weighted by molar-refractivity contribution is 0.0473. The molecule has 5 nitrogen and oxygen atoms in total. The van der Waals surface area contributed by atoms with Crippen molar-refractivity contribution in [3.63, 3.8) is 0 Å². The first-order valence-corrected chi connectivity index (χ1v) is 8.40. The molecule has 0 bridgehead atoms. The second kappa shape index (κ2) is 6.53. The Morgan fingerprint density at radius 2 is 1.41 bits per heavy atom. The van der Waals surface area contributed by atoms with Gasteiger partial charge in [-0.2, -0.15) is 0 Å². The van der Waals surface area contributed by atoms with E-state index >= 15 is 0 Å². The summed E-state index contributed by atoms with van der Waals surface area (Å²) in [5.41, 5.74) is 7.89. The number of esters is 1. The number of hydrogen-bond donors (Lipinski definition) is 1. The van der Waals surface area contributed by atoms with Gasteiger partial charge in [-0.1, -0.05) is 54.6 Å². The van der Waals surface area contributed by atoms with Gasteiger partial charge in [-0.15, -0.1) is 0 Å². The highest BCUT2D eigenvalue weighted by Gasteiger charge is 2.32. The van der Waals surface area contributed by atoms with Crippen LogP contribution in [0.1, 0.15) is 47.8 Å². The van der Waals surface area contributed by atoms with Crippen LogP contribution in [0.5, 0.6) is 0 Å². The number of anilines is 1. The number of carbonyl (C=O) groups is 3. The fraction of sp³-hybridized carbons (Fsp3) is 0.0455. The average molecular weight is 357 g/mol. The Hall–Kier alpha value is -3.73. The normalized spacial score (nSPS) is 12.3. The predicted octanol–water partition coefficient (Wildman–Crippen LogP) is 3.40. The number of rotatable bonds is 3. The summed E-state index contributed by atoms with van der Waals surface area (Å²) in [6, 6.07) is 18.7. The van der Waals surface area contributed by atoms with Crippen LogP contribution in [0.25, 0.3) is 0 Å². The molecule has 0 unspecified atom stereocenters. The number of nitrogens with two attached hydrogens (primary N) is 1. The molecule has 0 saturated heterocycles. The largest absolute Gasteiger partial charge is 0.457 e. The van der Waals surface area contributed by atoms with Crippen LogP contribution in [0, 0.1) is 0 Å². The standard InChI is InChI=1S/C22H15NO4/c23-19-17(22(26)27-12-13-6-2-1-3-7-13)11-10-16-18(19)21(25)15-9-5-4-8-14(15)20(16)24/h1-11H,12,23H2. The van der Waals surface area contributed by atoms with Crippen LogP contribution in [-0.4, -0.2) is 17.5 Å². The zero-order chi connectivity index (χ0) is 19.0. The zero-order valence-corrected chi connectivity index (χ0v) is 14.3. The highest BCUT2D eigenvalue weighted by molar-refractivity contribution is 6.30. The minimum absolute atomic E-state index is 0.0292. The minimum Gasteiger partial charge on any atom is -0.457 e. The van der Waals surface area contributed by atoms with Crippen molar-refractivity contribution in [2.24, 2.45) is 0 Å². The SMILES string of the molecule is Nc1c(C(=O)OCc2ccccc2)ccc2c1C(=O)c1ccccc1C2=O. The Morgan fingerprint density at radius 3 is 2.11 bits per heavy atom. The first-order chi connectivity index (χ1) is 13.1. The molecule has 132 valence electrons. The van der Waals surface area contributed by atoms with Crippen molar-refractivity contribution in [3.8, 4) is 0 Å². The number of carbonyl (C=O) groups excluding carboxylic acids is 3. The molecule has 0 fully saturated rings. The summed E-state index contributed by atoms with van der Waals surface area (Å²) in [6.45, 7) is 0.0892. The number of ketones is 2. The number of fused-ring (bicyclic) bond motifs is 2. The smallest absolute Gasteiger partial charge is 0.340 e. The van der Waals surface area contributed by atoms with E-state index in [1.165, 1.54) is 12.1 Å². The molecule has 2 N–H and O–H groups in total. The van der Waals surface area contributed by atoms with Crippen molar-refractivity contribution in [3.05, 3.63) is 100 Å². The fourth-order valence-corrected chi connectivity index (χ4v) is 3.19. The molecule has 27 heavy (non-hydrogen) atoms. The number of nitrogen functional groups attached to an aromatic ring is 1. The van der Waals surface area contributed by atoms with Crippen LogP contribution < -0.4 is 5.73 Å². The maximum atomic E-state index is 12.8. The van der Waals surface area contributed by atoms with Gasteiger partial charge in [-0.05, 0) is 17.7 Å². The number of ether oxygens (including phenoxy) is 1. The number of hydrogen-bond acceptors (Lipinski definition) is 5. The van der Waals surface area contributed by atoms with Crippen molar-refractivity contribution in [2.75, 3.05) is 5.73 Å². The topological polar surface area (TPSA) is 86.5 Å². The second-order valence-electron chi connectivity index (χ2n) is 6.21. The summed E-state index contributed by atoms with van der Waals surface area (Å²) in [6.07, 6.45) is 0. The van der Waals surface area contributed by atoms with Gasteiger partial charge in [0.15, 0.2) is 11.6 Å². The van der Waals surface area contributed by atoms with Crippen LogP contribution in [-0.2, 0) is 11.3 Å². The highest BCUT2D eigenvalue weighted by atomic mass is 16.5. The van der Waals surface area contributed by atoms with Crippen LogP contribution in [0.3, 0.4) is 0 Å². The predicted molar refractivity (Wildman–Crippen MR) is 99.7 cm³/mol. The molecule has 3 aromatic carbocycles. The maximum Gasteiger partial charge on any atom is 0.340 e. The molecule has 0 atom stereocenters. The summed E-state index contributed by atoms with van der Waals surface area (Å²) in [4.78, 5) is 38.0. The van der Waals surface area contributed by atoms with E-state index in [9.17, 15) is 14.4 Å². The van der Waals surface area contributed by atoms with Gasteiger partial charge in [-0.25, -0.2) is 4.79 Å². The Bertz CT molecular complexity index is 1090. The maximum absolute atomic E-state index is 12.8. The molecule has 1 aliphatic carbocycles. The van der Waals surface area contributed by atoms with Gasteiger partial charge in [0.2, 0.25) is 0 Å². The molecule has 3 aromatic rings. The van der Waals surface area contributed by atoms with Gasteiger partial charge >= 0.3 is 5.97 Å². The quantitative estimate of drug-likeness (QED) is 0.449. The monoisotopic (exact) mass is 357 g/mol. The van der Waals surface area contributed by atoms with Crippen LogP contribution in [0.2, 0.25) is 0 Å². The third-order valence-corrected chi connectivity index (χ3v) is 4.57. The van der Waals surface area contributed by atoms with E-state index < -0.39 is 5.97 Å². The summed E-state index contributed by atoms with van der Waals surface area (Å²) in [5.74, 6) is -1.29. The third kappa shape index (κ3) is 2.79. The van der Waals surface area contributed by atoms with E-state index in [4.69, 9.17) is 10.5 Å². The Labute approximate surface area is 155 Å². The first-order valence-electron chi connectivity index (χ1n) is 8.40. The molecule has 4 rings (SSSR count). The van der Waals surface area contributed by atoms with Gasteiger partial charge in [-0.3, -0.25) is 9.59 Å². The molecule has 0 saturated carbocycles. The van der Waals surface area contributed by atoms with Gasteiger partial charge in [0, 0.05) is 16.7 Å². The van der Waals surface area contributed by atoms with Crippen LogP contribution in [0.15, 0.2) is 66.7 Å². The van der Waals surface area contributed by atoms with Crippen molar-refractivity contribution < 1.29 is 19.1 Å². The van der Waals surface area contributed by atoms with E-state index in [1.54, 1.807) is 24.3 Å². The van der Waals surface area contributed by atoms with E-state index in [0.717, 1.165) is 5.56 Å². The minimum atomic E-state index is -0.640. The summed E-state index contributed by atoms with van der Waals surface area (Å²) < 4.78 is 5.30. The molecule has 0 aliphatic heterocycles. The Balaban J connectivity index is 1.68. The second-order valence-corrected chi connectivity index (χ2v) is 6.21. The van der Waals surface area contributed by atoms with E-state index in [-0.39, 0.29) is 46.1 Å². The van der Waals surface area contributed by atoms with Crippen molar-refractivity contribution in [2.45, 2.75) is 6.61 Å². The van der Waals surface area contributed by atoms with E-state index in [0.29, 0.717) is 5.56 Å². The first kappa shape index (κ1) is 16.7. The lowest BCUT2D eigenvalue weighted by Crippen LogP contribution is -2.24. The van der Waals surface area contributed by atoms with Crippen LogP contribution >= 0.6 is 0 Å². The number of benzene rings is 3. The third-order valence-electron chi connectivity index (χ3n) is 4.57. The zero-order valence-electron chi connectivity index (χ0n) is 14.3. The summed E-state index contributed by atoms with van der Waals surface area (Å²) in [7, 11) is 0. The molecule has 0 radical (unpaired) electrons. The summed E-state index contributed by atoms with van der Waals surface area (Å²) >= 11 is 0. The van der Waals surface area contributed by atoms with Gasteiger partial charge in [0.25, 0.3) is 0 Å². The average Bonchev–Trinajstić information content (AvgIpc) is 2.71. The molecule has 0 spiro atoms. The van der Waals surface area contributed by atoms with E-state index in [1.807, 2.05) is 30.3 Å². The molecule has 0 amide bonds. The lowest BCUT2D eigenvalue weighted by atomic mass is 9.82. The molecule has 0 heterocycles. The molecule has 1 aliphatic rings. The van der Waals surface area contributed by atoms with Crippen LogP contribution in [0.4, 0.5) is 5.69 Å². The molecule has 5 heteroatoms. The van der Waals surface area contributed by atoms with Crippen molar-refractivity contribution in [1.29, 1.82) is 0 Å². The fourth-order valence-electron chi connectivity index (χ4n) is 3.19. The van der Waals surface area contributed by atoms with Gasteiger partial charge in [0.1, 0.15) is 6.61 Å². The molecular formula is C22H15NO4. The van der Waals surface area contributed by atoms with Gasteiger partial charge < -0.3 is 10.5 Å². The van der Waals surface area contributed by atoms with Crippen molar-refractivity contribution >= 4 is 23.2 Å². The van der Waals surface area contributed by atoms with Crippen molar-refractivity contribution in [1.82, 2.24) is 0 Å². The Kier molecular flexibility index (Phi) is 4.05.